The number of nitrogens with one attached hydrogen (secondary N) is 2. The molecule has 180 valence electrons. The van der Waals surface area contributed by atoms with Crippen LogP contribution in [0.25, 0.3) is 0 Å². The van der Waals surface area contributed by atoms with E-state index < -0.39 is 12.1 Å². The molecule has 9 nitrogen and oxygen atoms in total. The van der Waals surface area contributed by atoms with Crippen molar-refractivity contribution >= 4 is 29.9 Å². The molecule has 34 heavy (non-hydrogen) atoms. The molecule has 0 unspecified atom stereocenters. The molecule has 0 saturated carbocycles. The standard InChI is InChI=1S/C25H31N5O4/c1-5-11-19(6-2)15-27-24(32)28-23-14-22(21(18-31)16-26-23)30(25(33)34-7-3)29(4)17-20-12-9-8-10-13-20/h5,8-14,16,18H,1,6-7,15,17H2,2-4H3,(H2,26,27,28,32)/b19-11+. The minimum atomic E-state index is -0.659. The number of ether oxygens (including phenoxy) is 1. The average molecular weight is 466 g/mol. The molecule has 3 amide bonds. The van der Waals surface area contributed by atoms with Crippen molar-refractivity contribution in [3.8, 4) is 0 Å². The highest BCUT2D eigenvalue weighted by Crippen LogP contribution is 2.25. The number of carbonyl (C=O) groups is 3. The minimum Gasteiger partial charge on any atom is -0.448 e. The Bertz CT molecular complexity index is 1020. The quantitative estimate of drug-likeness (QED) is 0.287. The summed E-state index contributed by atoms with van der Waals surface area (Å²) in [6.45, 7) is 8.22. The fourth-order valence-corrected chi connectivity index (χ4v) is 3.15. The van der Waals surface area contributed by atoms with Crippen LogP contribution in [-0.2, 0) is 11.3 Å². The SMILES string of the molecule is C=C/C=C(\CC)CNC(=O)Nc1cc(N(C(=O)OCC)N(C)Cc2ccccc2)c(C=O)cn1. The van der Waals surface area contributed by atoms with Crippen molar-refractivity contribution in [2.75, 3.05) is 30.5 Å². The molecule has 2 N–H and O–H groups in total. The van der Waals surface area contributed by atoms with Crippen LogP contribution in [0.3, 0.4) is 0 Å². The van der Waals surface area contributed by atoms with Crippen LogP contribution in [0.2, 0.25) is 0 Å². The number of aldehydes is 1. The number of anilines is 2. The number of pyridine rings is 1. The van der Waals surface area contributed by atoms with E-state index in [9.17, 15) is 14.4 Å². The van der Waals surface area contributed by atoms with Crippen LogP contribution in [0.5, 0.6) is 0 Å². The first-order chi connectivity index (χ1) is 16.4. The maximum Gasteiger partial charge on any atom is 0.429 e. The minimum absolute atomic E-state index is 0.154. The van der Waals surface area contributed by atoms with E-state index in [2.05, 4.69) is 22.2 Å². The highest BCUT2D eigenvalue weighted by molar-refractivity contribution is 5.96. The molecule has 0 aliphatic rings. The van der Waals surface area contributed by atoms with E-state index in [1.807, 2.05) is 43.3 Å². The van der Waals surface area contributed by atoms with Crippen LogP contribution >= 0.6 is 0 Å². The van der Waals surface area contributed by atoms with Gasteiger partial charge in [-0.1, -0.05) is 61.6 Å². The number of hydrogen-bond acceptors (Lipinski definition) is 6. The number of aromatic nitrogens is 1. The molecule has 2 aromatic rings. The second-order valence-corrected chi connectivity index (χ2v) is 7.28. The van der Waals surface area contributed by atoms with Crippen LogP contribution in [0.15, 0.2) is 66.9 Å². The predicted octanol–water partition coefficient (Wildman–Crippen LogP) is 4.55. The van der Waals surface area contributed by atoms with E-state index >= 15 is 0 Å². The summed E-state index contributed by atoms with van der Waals surface area (Å²) in [5.74, 6) is 0.172. The molecule has 0 bridgehead atoms. The van der Waals surface area contributed by atoms with Gasteiger partial charge in [-0.2, -0.15) is 0 Å². The van der Waals surface area contributed by atoms with Gasteiger partial charge in [0.25, 0.3) is 0 Å². The summed E-state index contributed by atoms with van der Waals surface area (Å²) in [7, 11) is 1.71. The largest absolute Gasteiger partial charge is 0.448 e. The maximum absolute atomic E-state index is 12.9. The summed E-state index contributed by atoms with van der Waals surface area (Å²) in [5, 5.41) is 8.28. The first kappa shape index (κ1) is 26.3. The van der Waals surface area contributed by atoms with Crippen LogP contribution in [0.4, 0.5) is 21.1 Å². The number of hydrazine groups is 1. The van der Waals surface area contributed by atoms with E-state index in [0.29, 0.717) is 19.4 Å². The Morgan fingerprint density at radius 3 is 2.56 bits per heavy atom. The number of benzene rings is 1. The predicted molar refractivity (Wildman–Crippen MR) is 133 cm³/mol. The number of amides is 3. The van der Waals surface area contributed by atoms with Gasteiger partial charge in [0.1, 0.15) is 5.82 Å². The smallest absolute Gasteiger partial charge is 0.429 e. The number of allylic oxidation sites excluding steroid dienone is 2. The Morgan fingerprint density at radius 2 is 1.94 bits per heavy atom. The van der Waals surface area contributed by atoms with Crippen molar-refractivity contribution < 1.29 is 19.1 Å². The first-order valence-electron chi connectivity index (χ1n) is 11.0. The average Bonchev–Trinajstić information content (AvgIpc) is 2.83. The molecule has 0 atom stereocenters. The molecule has 2 rings (SSSR count). The van der Waals surface area contributed by atoms with Crippen molar-refractivity contribution in [1.82, 2.24) is 15.3 Å². The van der Waals surface area contributed by atoms with Crippen molar-refractivity contribution in [3.63, 3.8) is 0 Å². The molecular formula is C25H31N5O4. The Hall–Kier alpha value is -3.98. The molecule has 0 spiro atoms. The number of urea groups is 1. The molecule has 1 aromatic carbocycles. The van der Waals surface area contributed by atoms with Crippen LogP contribution in [0, 0.1) is 0 Å². The number of hydrogen-bond donors (Lipinski definition) is 2. The van der Waals surface area contributed by atoms with Crippen molar-refractivity contribution in [1.29, 1.82) is 0 Å². The third-order valence-corrected chi connectivity index (χ3v) is 4.83. The summed E-state index contributed by atoms with van der Waals surface area (Å²) >= 11 is 0. The lowest BCUT2D eigenvalue weighted by molar-refractivity contribution is 0.112. The maximum atomic E-state index is 12.9. The molecule has 0 aliphatic carbocycles. The molecule has 9 heteroatoms. The highest BCUT2D eigenvalue weighted by atomic mass is 16.6. The highest BCUT2D eigenvalue weighted by Gasteiger charge is 2.25. The fourth-order valence-electron chi connectivity index (χ4n) is 3.15. The Labute approximate surface area is 200 Å². The Kier molecular flexibility index (Phi) is 10.5. The second-order valence-electron chi connectivity index (χ2n) is 7.28. The molecule has 1 heterocycles. The zero-order chi connectivity index (χ0) is 24.9. The molecular weight excluding hydrogens is 434 g/mol. The first-order valence-corrected chi connectivity index (χ1v) is 11.0. The molecule has 0 aliphatic heterocycles. The zero-order valence-electron chi connectivity index (χ0n) is 19.8. The molecule has 0 fully saturated rings. The molecule has 1 aromatic heterocycles. The van der Waals surface area contributed by atoms with Gasteiger partial charge in [0.05, 0.1) is 17.9 Å². The van der Waals surface area contributed by atoms with Crippen molar-refractivity contribution in [3.05, 3.63) is 78.0 Å². The van der Waals surface area contributed by atoms with Gasteiger partial charge < -0.3 is 10.1 Å². The lowest BCUT2D eigenvalue weighted by atomic mass is 10.2. The van der Waals surface area contributed by atoms with Crippen LogP contribution < -0.4 is 15.6 Å². The van der Waals surface area contributed by atoms with Crippen LogP contribution in [-0.4, -0.2) is 48.6 Å². The van der Waals surface area contributed by atoms with Gasteiger partial charge in [-0.3, -0.25) is 10.1 Å². The summed E-state index contributed by atoms with van der Waals surface area (Å²) in [4.78, 5) is 41.1. The van der Waals surface area contributed by atoms with E-state index in [1.54, 1.807) is 25.1 Å². The summed E-state index contributed by atoms with van der Waals surface area (Å²) in [5.41, 5.74) is 2.36. The lowest BCUT2D eigenvalue weighted by Gasteiger charge is -2.32. The van der Waals surface area contributed by atoms with E-state index in [0.717, 1.165) is 17.6 Å². The van der Waals surface area contributed by atoms with E-state index in [1.165, 1.54) is 17.3 Å². The molecule has 0 saturated heterocycles. The van der Waals surface area contributed by atoms with Gasteiger partial charge in [-0.25, -0.2) is 24.6 Å². The number of nitrogens with zero attached hydrogens (tertiary/aromatic N) is 3. The van der Waals surface area contributed by atoms with Crippen molar-refractivity contribution in [2.24, 2.45) is 0 Å². The van der Waals surface area contributed by atoms with Gasteiger partial charge in [-0.05, 0) is 18.9 Å². The normalized spacial score (nSPS) is 11.0. The third kappa shape index (κ3) is 7.56. The second kappa shape index (κ2) is 13.5. The number of rotatable bonds is 11. The topological polar surface area (TPSA) is 104 Å². The van der Waals surface area contributed by atoms with E-state index in [-0.39, 0.29) is 23.7 Å². The summed E-state index contributed by atoms with van der Waals surface area (Å²) in [6, 6.07) is 10.5. The molecule has 0 radical (unpaired) electrons. The van der Waals surface area contributed by atoms with E-state index in [4.69, 9.17) is 4.74 Å². The van der Waals surface area contributed by atoms with Gasteiger partial charge in [0.2, 0.25) is 0 Å². The Balaban J connectivity index is 2.30. The van der Waals surface area contributed by atoms with Gasteiger partial charge >= 0.3 is 12.1 Å². The zero-order valence-corrected chi connectivity index (χ0v) is 19.8. The van der Waals surface area contributed by atoms with Gasteiger partial charge in [-0.15, -0.1) is 0 Å². The summed E-state index contributed by atoms with van der Waals surface area (Å²) < 4.78 is 5.23. The van der Waals surface area contributed by atoms with Gasteiger partial charge in [0, 0.05) is 32.4 Å². The van der Waals surface area contributed by atoms with Crippen LogP contribution in [0.1, 0.15) is 36.2 Å². The monoisotopic (exact) mass is 465 g/mol. The summed E-state index contributed by atoms with van der Waals surface area (Å²) in [6.07, 6.45) is 5.52. The number of carbonyl (C=O) groups excluding carboxylic acids is 3. The fraction of sp³-hybridized carbons (Fsp3) is 0.280. The lowest BCUT2D eigenvalue weighted by Crippen LogP contribution is -2.45. The Morgan fingerprint density at radius 1 is 1.21 bits per heavy atom. The van der Waals surface area contributed by atoms with Crippen molar-refractivity contribution in [2.45, 2.75) is 26.8 Å². The van der Waals surface area contributed by atoms with Gasteiger partial charge in [0.15, 0.2) is 6.29 Å². The third-order valence-electron chi connectivity index (χ3n) is 4.83.